The van der Waals surface area contributed by atoms with Gasteiger partial charge in [-0.3, -0.25) is 9.59 Å². The Balaban J connectivity index is 1.93. The molecule has 6 nitrogen and oxygen atoms in total. The van der Waals surface area contributed by atoms with E-state index in [0.717, 1.165) is 11.3 Å². The molecule has 2 rings (SSSR count). The molecule has 150 valence electrons. The minimum atomic E-state index is -0.881. The summed E-state index contributed by atoms with van der Waals surface area (Å²) in [5, 5.41) is 0. The summed E-state index contributed by atoms with van der Waals surface area (Å²) in [6.45, 7) is 4.86. The molecule has 0 aromatic heterocycles. The van der Waals surface area contributed by atoms with E-state index in [-0.39, 0.29) is 18.0 Å². The molecule has 0 aliphatic carbocycles. The second-order valence-electron chi connectivity index (χ2n) is 6.11. The first-order valence-corrected chi connectivity index (χ1v) is 8.90. The van der Waals surface area contributed by atoms with E-state index >= 15 is 0 Å². The van der Waals surface area contributed by atoms with Gasteiger partial charge in [-0.05, 0) is 61.4 Å². The smallest absolute Gasteiger partial charge is 0.336 e. The number of carbonyl (C=O) groups is 3. The SMILES string of the molecule is C=CCC(C(C)=O)C(=O)Oc1ccc(OC(=O)C=Cc2ccc(OC)cc2)cc1. The van der Waals surface area contributed by atoms with E-state index in [4.69, 9.17) is 14.2 Å². The van der Waals surface area contributed by atoms with E-state index in [9.17, 15) is 14.4 Å². The van der Waals surface area contributed by atoms with Gasteiger partial charge in [-0.15, -0.1) is 6.58 Å². The number of hydrogen-bond acceptors (Lipinski definition) is 6. The van der Waals surface area contributed by atoms with Gasteiger partial charge in [0.15, 0.2) is 0 Å². The fourth-order valence-electron chi connectivity index (χ4n) is 2.39. The van der Waals surface area contributed by atoms with Crippen LogP contribution < -0.4 is 14.2 Å². The predicted octanol–water partition coefficient (Wildman–Crippen LogP) is 4.00. The maximum atomic E-state index is 12.1. The van der Waals surface area contributed by atoms with Gasteiger partial charge in [0, 0.05) is 6.08 Å². The Labute approximate surface area is 169 Å². The van der Waals surface area contributed by atoms with Crippen molar-refractivity contribution in [2.45, 2.75) is 13.3 Å². The summed E-state index contributed by atoms with van der Waals surface area (Å²) in [5.41, 5.74) is 0.824. The summed E-state index contributed by atoms with van der Waals surface area (Å²) in [6.07, 6.45) is 4.64. The molecule has 6 heteroatoms. The van der Waals surface area contributed by atoms with E-state index in [0.29, 0.717) is 5.75 Å². The van der Waals surface area contributed by atoms with Crippen molar-refractivity contribution in [3.63, 3.8) is 0 Å². The Bertz CT molecular complexity index is 894. The first kappa shape index (κ1) is 21.6. The summed E-state index contributed by atoms with van der Waals surface area (Å²) in [4.78, 5) is 35.5. The molecule has 0 amide bonds. The maximum absolute atomic E-state index is 12.1. The molecule has 29 heavy (non-hydrogen) atoms. The number of hydrogen-bond donors (Lipinski definition) is 0. The van der Waals surface area contributed by atoms with E-state index in [1.807, 2.05) is 12.1 Å². The van der Waals surface area contributed by atoms with Crippen molar-refractivity contribution in [1.82, 2.24) is 0 Å². The van der Waals surface area contributed by atoms with Crippen LogP contribution in [0.3, 0.4) is 0 Å². The molecular formula is C23H22O6. The summed E-state index contributed by atoms with van der Waals surface area (Å²) in [7, 11) is 1.58. The van der Waals surface area contributed by atoms with E-state index in [1.165, 1.54) is 43.3 Å². The Kier molecular flexibility index (Phi) is 7.91. The lowest BCUT2D eigenvalue weighted by Crippen LogP contribution is -2.26. The van der Waals surface area contributed by atoms with Crippen LogP contribution in [-0.4, -0.2) is 24.8 Å². The number of benzene rings is 2. The quantitative estimate of drug-likeness (QED) is 0.210. The van der Waals surface area contributed by atoms with Gasteiger partial charge in [0.05, 0.1) is 7.11 Å². The Hall–Kier alpha value is -3.67. The number of carbonyl (C=O) groups excluding carboxylic acids is 3. The molecule has 0 heterocycles. The van der Waals surface area contributed by atoms with Crippen LogP contribution in [0.2, 0.25) is 0 Å². The first-order valence-electron chi connectivity index (χ1n) is 8.90. The fraction of sp³-hybridized carbons (Fsp3) is 0.174. The van der Waals surface area contributed by atoms with Gasteiger partial charge in [-0.2, -0.15) is 0 Å². The predicted molar refractivity (Wildman–Crippen MR) is 109 cm³/mol. The molecule has 2 aromatic rings. The second kappa shape index (κ2) is 10.6. The zero-order valence-electron chi connectivity index (χ0n) is 16.3. The molecule has 0 saturated carbocycles. The molecule has 0 bridgehead atoms. The summed E-state index contributed by atoms with van der Waals surface area (Å²) < 4.78 is 15.5. The molecule has 0 spiro atoms. The number of esters is 2. The lowest BCUT2D eigenvalue weighted by Gasteiger charge is -2.11. The average molecular weight is 394 g/mol. The highest BCUT2D eigenvalue weighted by molar-refractivity contribution is 5.98. The van der Waals surface area contributed by atoms with Gasteiger partial charge >= 0.3 is 11.9 Å². The third kappa shape index (κ3) is 6.77. The van der Waals surface area contributed by atoms with Crippen molar-refractivity contribution < 1.29 is 28.6 Å². The zero-order valence-corrected chi connectivity index (χ0v) is 16.3. The van der Waals surface area contributed by atoms with Crippen LogP contribution in [0.5, 0.6) is 17.2 Å². The average Bonchev–Trinajstić information content (AvgIpc) is 2.72. The van der Waals surface area contributed by atoms with E-state index in [2.05, 4.69) is 6.58 Å². The molecule has 0 saturated heterocycles. The number of allylic oxidation sites excluding steroid dienone is 1. The van der Waals surface area contributed by atoms with Crippen LogP contribution in [0.25, 0.3) is 6.08 Å². The molecule has 0 aliphatic heterocycles. The molecule has 2 aromatic carbocycles. The topological polar surface area (TPSA) is 78.9 Å². The minimum Gasteiger partial charge on any atom is -0.497 e. The zero-order chi connectivity index (χ0) is 21.2. The van der Waals surface area contributed by atoms with Crippen LogP contribution in [0.15, 0.2) is 67.3 Å². The van der Waals surface area contributed by atoms with Gasteiger partial charge in [-0.25, -0.2) is 4.79 Å². The van der Waals surface area contributed by atoms with Gasteiger partial charge in [0.2, 0.25) is 0 Å². The maximum Gasteiger partial charge on any atom is 0.336 e. The van der Waals surface area contributed by atoms with Gasteiger partial charge in [0.1, 0.15) is 28.9 Å². The van der Waals surface area contributed by atoms with Crippen molar-refractivity contribution in [2.24, 2.45) is 5.92 Å². The first-order chi connectivity index (χ1) is 13.9. The summed E-state index contributed by atoms with van der Waals surface area (Å²) >= 11 is 0. The standard InChI is InChI=1S/C23H22O6/c1-4-5-21(16(2)24)23(26)29-20-13-11-19(12-14-20)28-22(25)15-8-17-6-9-18(27-3)10-7-17/h4,6-15,21H,1,5H2,2-3H3. The molecule has 0 aliphatic rings. The van der Waals surface area contributed by atoms with Gasteiger partial charge < -0.3 is 14.2 Å². The number of methoxy groups -OCH3 is 1. The molecule has 0 N–H and O–H groups in total. The largest absolute Gasteiger partial charge is 0.497 e. The van der Waals surface area contributed by atoms with Crippen LogP contribution in [0, 0.1) is 5.92 Å². The molecule has 1 unspecified atom stereocenters. The molecule has 1 atom stereocenters. The van der Waals surface area contributed by atoms with Gasteiger partial charge in [-0.1, -0.05) is 18.2 Å². The number of Topliss-reactive ketones (excluding diaryl/α,β-unsaturated/α-hetero) is 1. The van der Waals surface area contributed by atoms with Crippen molar-refractivity contribution >= 4 is 23.8 Å². The minimum absolute atomic E-state index is 0.213. The lowest BCUT2D eigenvalue weighted by molar-refractivity contribution is -0.143. The van der Waals surface area contributed by atoms with Crippen LogP contribution in [0.4, 0.5) is 0 Å². The summed E-state index contributed by atoms with van der Waals surface area (Å²) in [5.74, 6) is -1.10. The van der Waals surface area contributed by atoms with Crippen molar-refractivity contribution in [3.05, 3.63) is 72.8 Å². The highest BCUT2D eigenvalue weighted by Gasteiger charge is 2.24. The number of ketones is 1. The molecule has 0 fully saturated rings. The second-order valence-corrected chi connectivity index (χ2v) is 6.11. The normalized spacial score (nSPS) is 11.5. The monoisotopic (exact) mass is 394 g/mol. The molecular weight excluding hydrogens is 372 g/mol. The Morgan fingerprint density at radius 3 is 2.00 bits per heavy atom. The Morgan fingerprint density at radius 2 is 1.48 bits per heavy atom. The van der Waals surface area contributed by atoms with E-state index in [1.54, 1.807) is 25.3 Å². The Morgan fingerprint density at radius 1 is 0.931 bits per heavy atom. The third-order valence-corrected chi connectivity index (χ3v) is 3.97. The molecule has 0 radical (unpaired) electrons. The highest BCUT2D eigenvalue weighted by Crippen LogP contribution is 2.20. The van der Waals surface area contributed by atoms with Crippen molar-refractivity contribution in [3.8, 4) is 17.2 Å². The lowest BCUT2D eigenvalue weighted by atomic mass is 10.0. The van der Waals surface area contributed by atoms with Crippen molar-refractivity contribution in [2.75, 3.05) is 7.11 Å². The highest BCUT2D eigenvalue weighted by atomic mass is 16.5. The van der Waals surface area contributed by atoms with Crippen LogP contribution in [-0.2, 0) is 14.4 Å². The van der Waals surface area contributed by atoms with Gasteiger partial charge in [0.25, 0.3) is 0 Å². The summed E-state index contributed by atoms with van der Waals surface area (Å²) in [6, 6.07) is 13.2. The van der Waals surface area contributed by atoms with E-state index < -0.39 is 17.9 Å². The van der Waals surface area contributed by atoms with Crippen molar-refractivity contribution in [1.29, 1.82) is 0 Å². The third-order valence-electron chi connectivity index (χ3n) is 3.97. The number of rotatable bonds is 9. The van der Waals surface area contributed by atoms with Crippen LogP contribution in [0.1, 0.15) is 18.9 Å². The fourth-order valence-corrected chi connectivity index (χ4v) is 2.39. The number of ether oxygens (including phenoxy) is 3. The van der Waals surface area contributed by atoms with Crippen LogP contribution >= 0.6 is 0 Å².